The molecule has 0 radical (unpaired) electrons. The fourth-order valence-corrected chi connectivity index (χ4v) is 6.43. The average Bonchev–Trinajstić information content (AvgIpc) is 3.38. The molecule has 218 valence electrons. The number of nitrogens with zero attached hydrogens (tertiary/aromatic N) is 5. The fourth-order valence-electron chi connectivity index (χ4n) is 6.24. The lowest BCUT2D eigenvalue weighted by molar-refractivity contribution is -0.384. The third-order valence-electron chi connectivity index (χ3n) is 8.59. The number of fused-ring (bicyclic) bond motifs is 1. The first kappa shape index (κ1) is 28.3. The molecule has 0 spiro atoms. The summed E-state index contributed by atoms with van der Waals surface area (Å²) in [7, 11) is 1.74. The minimum atomic E-state index is -0.394. The van der Waals surface area contributed by atoms with Crippen molar-refractivity contribution < 1.29 is 14.5 Å². The van der Waals surface area contributed by atoms with Crippen LogP contribution in [0.1, 0.15) is 31.4 Å². The van der Waals surface area contributed by atoms with Crippen molar-refractivity contribution in [3.63, 3.8) is 0 Å². The number of hydrogen-bond donors (Lipinski definition) is 0. The summed E-state index contributed by atoms with van der Waals surface area (Å²) < 4.78 is 7.66. The van der Waals surface area contributed by atoms with Gasteiger partial charge in [0.05, 0.1) is 22.4 Å². The van der Waals surface area contributed by atoms with Crippen molar-refractivity contribution in [3.05, 3.63) is 87.7 Å². The molecule has 4 aromatic rings. The molecule has 1 saturated carbocycles. The van der Waals surface area contributed by atoms with Gasteiger partial charge < -0.3 is 14.0 Å². The molecule has 3 heterocycles. The van der Waals surface area contributed by atoms with E-state index in [1.807, 2.05) is 41.3 Å². The Morgan fingerprint density at radius 3 is 2.50 bits per heavy atom. The number of hydrogen-bond acceptors (Lipinski definition) is 6. The molecule has 0 unspecified atom stereocenters. The van der Waals surface area contributed by atoms with Gasteiger partial charge >= 0.3 is 0 Å². The maximum Gasteiger partial charge on any atom is 0.269 e. The van der Waals surface area contributed by atoms with E-state index in [0.717, 1.165) is 72.5 Å². The molecule has 42 heavy (non-hydrogen) atoms. The van der Waals surface area contributed by atoms with E-state index in [0.29, 0.717) is 24.7 Å². The molecule has 1 saturated heterocycles. The monoisotopic (exact) mass is 587 g/mol. The standard InChI is InChI=1S/C32H34ClN5O4/c1-42-28-7-3-5-24(19-28)32(39)36-16-14-35(15-17-36)21-29-31(22-8-11-27(12-9-22)38(40)41)34-30-13-10-25(20-37(29)30)23-4-2-6-26(33)18-23/h2,4,6,8-13,18,20,24,28H,3,5,7,14-17,19,21H2,1H3/t24-,28+/m0/s1. The third kappa shape index (κ3) is 5.90. The third-order valence-corrected chi connectivity index (χ3v) is 8.83. The molecule has 1 amide bonds. The number of nitro benzene ring substituents is 1. The molecule has 1 aliphatic carbocycles. The summed E-state index contributed by atoms with van der Waals surface area (Å²) in [5, 5.41) is 11.9. The molecule has 2 aliphatic rings. The Hall–Kier alpha value is -3.79. The Morgan fingerprint density at radius 1 is 1.02 bits per heavy atom. The lowest BCUT2D eigenvalue weighted by atomic mass is 9.86. The number of benzene rings is 2. The Kier molecular flexibility index (Phi) is 8.24. The van der Waals surface area contributed by atoms with Gasteiger partial charge in [-0.3, -0.25) is 19.8 Å². The number of amides is 1. The summed E-state index contributed by atoms with van der Waals surface area (Å²) in [6, 6.07) is 18.3. The van der Waals surface area contributed by atoms with Crippen LogP contribution in [-0.2, 0) is 16.1 Å². The number of pyridine rings is 1. The number of methoxy groups -OCH3 is 1. The van der Waals surface area contributed by atoms with Gasteiger partial charge in [-0.15, -0.1) is 0 Å². The van der Waals surface area contributed by atoms with E-state index in [9.17, 15) is 14.9 Å². The largest absolute Gasteiger partial charge is 0.381 e. The molecule has 2 fully saturated rings. The topological polar surface area (TPSA) is 93.2 Å². The predicted octanol–water partition coefficient (Wildman–Crippen LogP) is 6.08. The van der Waals surface area contributed by atoms with Gasteiger partial charge in [-0.25, -0.2) is 4.98 Å². The molecule has 1 aliphatic heterocycles. The van der Waals surface area contributed by atoms with Crippen molar-refractivity contribution in [1.29, 1.82) is 0 Å². The van der Waals surface area contributed by atoms with Crippen molar-refractivity contribution in [3.8, 4) is 22.4 Å². The highest BCUT2D eigenvalue weighted by atomic mass is 35.5. The van der Waals surface area contributed by atoms with Crippen molar-refractivity contribution >= 4 is 28.8 Å². The van der Waals surface area contributed by atoms with E-state index in [1.54, 1.807) is 19.2 Å². The summed E-state index contributed by atoms with van der Waals surface area (Å²) in [5.41, 5.74) is 5.47. The summed E-state index contributed by atoms with van der Waals surface area (Å²) in [6.07, 6.45) is 6.07. The SMILES string of the molecule is CO[C@@H]1CCC[C@H](C(=O)N2CCN(Cc3c(-c4ccc([N+](=O)[O-])cc4)nc4ccc(-c5cccc(Cl)c5)cn34)CC2)C1. The minimum Gasteiger partial charge on any atom is -0.381 e. The van der Waals surface area contributed by atoms with Gasteiger partial charge in [-0.1, -0.05) is 30.2 Å². The number of halogens is 1. The Balaban J connectivity index is 1.27. The number of aromatic nitrogens is 2. The van der Waals surface area contributed by atoms with Crippen molar-refractivity contribution in [2.45, 2.75) is 38.3 Å². The van der Waals surface area contributed by atoms with Gasteiger partial charge in [0.15, 0.2) is 0 Å². The predicted molar refractivity (Wildman–Crippen MR) is 162 cm³/mol. The second-order valence-electron chi connectivity index (χ2n) is 11.2. The molecule has 2 aromatic carbocycles. The van der Waals surface area contributed by atoms with E-state index in [-0.39, 0.29) is 23.6 Å². The molecule has 0 bridgehead atoms. The van der Waals surface area contributed by atoms with Gasteiger partial charge in [0, 0.05) is 74.7 Å². The summed E-state index contributed by atoms with van der Waals surface area (Å²) in [4.78, 5) is 33.5. The minimum absolute atomic E-state index is 0.0443. The lowest BCUT2D eigenvalue weighted by Gasteiger charge is -2.38. The van der Waals surface area contributed by atoms with Crippen LogP contribution in [-0.4, -0.2) is 69.4 Å². The average molecular weight is 588 g/mol. The lowest BCUT2D eigenvalue weighted by Crippen LogP contribution is -2.50. The van der Waals surface area contributed by atoms with Crippen LogP contribution >= 0.6 is 11.6 Å². The van der Waals surface area contributed by atoms with Crippen LogP contribution in [0.4, 0.5) is 5.69 Å². The zero-order valence-corrected chi connectivity index (χ0v) is 24.4. The van der Waals surface area contributed by atoms with E-state index in [1.165, 1.54) is 12.1 Å². The zero-order valence-electron chi connectivity index (χ0n) is 23.6. The van der Waals surface area contributed by atoms with E-state index < -0.39 is 4.92 Å². The number of ether oxygens (including phenoxy) is 1. The summed E-state index contributed by atoms with van der Waals surface area (Å²) >= 11 is 6.28. The summed E-state index contributed by atoms with van der Waals surface area (Å²) in [5.74, 6) is 0.302. The number of non-ortho nitro benzene ring substituents is 1. The van der Waals surface area contributed by atoms with E-state index >= 15 is 0 Å². The zero-order chi connectivity index (χ0) is 29.2. The number of piperazine rings is 1. The Morgan fingerprint density at radius 2 is 1.79 bits per heavy atom. The first-order chi connectivity index (χ1) is 20.4. The van der Waals surface area contributed by atoms with Crippen LogP contribution in [0.3, 0.4) is 0 Å². The number of nitro groups is 1. The second-order valence-corrected chi connectivity index (χ2v) is 11.6. The molecule has 2 atom stereocenters. The van der Waals surface area contributed by atoms with Gasteiger partial charge in [0.25, 0.3) is 5.69 Å². The van der Waals surface area contributed by atoms with E-state index in [2.05, 4.69) is 15.5 Å². The smallest absolute Gasteiger partial charge is 0.269 e. The Bertz CT molecular complexity index is 1600. The highest BCUT2D eigenvalue weighted by Crippen LogP contribution is 2.31. The van der Waals surface area contributed by atoms with Gasteiger partial charge in [-0.05, 0) is 66.8 Å². The highest BCUT2D eigenvalue weighted by Gasteiger charge is 2.32. The van der Waals surface area contributed by atoms with Crippen LogP contribution < -0.4 is 0 Å². The Labute approximate surface area is 249 Å². The van der Waals surface area contributed by atoms with Crippen LogP contribution in [0.2, 0.25) is 5.02 Å². The quantitative estimate of drug-likeness (QED) is 0.192. The number of carbonyl (C=O) groups is 1. The molecular formula is C32H34ClN5O4. The van der Waals surface area contributed by atoms with Crippen molar-refractivity contribution in [2.24, 2.45) is 5.92 Å². The maximum absolute atomic E-state index is 13.3. The van der Waals surface area contributed by atoms with Gasteiger partial charge in [-0.2, -0.15) is 0 Å². The number of carbonyl (C=O) groups excluding carboxylic acids is 1. The molecule has 9 nitrogen and oxygen atoms in total. The molecule has 6 rings (SSSR count). The molecule has 2 aromatic heterocycles. The van der Waals surface area contributed by atoms with Gasteiger partial charge in [0.2, 0.25) is 5.91 Å². The number of rotatable bonds is 7. The first-order valence-corrected chi connectivity index (χ1v) is 14.8. The molecule has 0 N–H and O–H groups in total. The van der Waals surface area contributed by atoms with Crippen molar-refractivity contribution in [2.75, 3.05) is 33.3 Å². The molecular weight excluding hydrogens is 554 g/mol. The highest BCUT2D eigenvalue weighted by molar-refractivity contribution is 6.30. The van der Waals surface area contributed by atoms with Gasteiger partial charge in [0.1, 0.15) is 5.65 Å². The van der Waals surface area contributed by atoms with Crippen LogP contribution in [0, 0.1) is 16.0 Å². The van der Waals surface area contributed by atoms with Crippen molar-refractivity contribution in [1.82, 2.24) is 19.2 Å². The summed E-state index contributed by atoms with van der Waals surface area (Å²) in [6.45, 7) is 3.51. The normalized spacial score (nSPS) is 19.7. The fraction of sp³-hybridized carbons (Fsp3) is 0.375. The maximum atomic E-state index is 13.3. The van der Waals surface area contributed by atoms with E-state index in [4.69, 9.17) is 21.3 Å². The van der Waals surface area contributed by atoms with Crippen LogP contribution in [0.15, 0.2) is 66.9 Å². The second kappa shape index (κ2) is 12.2. The van der Waals surface area contributed by atoms with Crippen LogP contribution in [0.5, 0.6) is 0 Å². The van der Waals surface area contributed by atoms with Crippen LogP contribution in [0.25, 0.3) is 28.0 Å². The molecule has 10 heteroatoms. The first-order valence-electron chi connectivity index (χ1n) is 14.5. The number of imidazole rings is 1.